The van der Waals surface area contributed by atoms with Gasteiger partial charge in [0, 0.05) is 34.4 Å². The first-order valence-corrected chi connectivity index (χ1v) is 15.9. The van der Waals surface area contributed by atoms with Crippen molar-refractivity contribution in [1.29, 1.82) is 0 Å². The van der Waals surface area contributed by atoms with Crippen LogP contribution in [0.3, 0.4) is 0 Å². The molecule has 0 spiro atoms. The zero-order valence-corrected chi connectivity index (χ0v) is 25.3. The Labute approximate surface area is 267 Å². The topological polar surface area (TPSA) is 43.1 Å². The summed E-state index contributed by atoms with van der Waals surface area (Å²) in [5.74, 6) is 1.54. The van der Waals surface area contributed by atoms with E-state index in [-0.39, 0.29) is 0 Å². The first-order chi connectivity index (χ1) is 22.8. The summed E-state index contributed by atoms with van der Waals surface area (Å²) >= 11 is 0. The summed E-state index contributed by atoms with van der Waals surface area (Å²) < 4.78 is 2.30. The van der Waals surface area contributed by atoms with Crippen LogP contribution in [0.1, 0.15) is 29.5 Å². The molecule has 7 aromatic rings. The average Bonchev–Trinajstić information content (AvgIpc) is 3.70. The highest BCUT2D eigenvalue weighted by Gasteiger charge is 2.22. The Bertz CT molecular complexity index is 2300. The van der Waals surface area contributed by atoms with E-state index in [1.807, 2.05) is 24.3 Å². The Kier molecular flexibility index (Phi) is 6.31. The SMILES string of the molecule is C1=CC(c2ccc3c(c2)c2cc4c(cc2n3-c2cc(-c3ccccc3)nc(-c3ccccc3)n2)N=C(c2ccccc2)C4)=CCC1. The van der Waals surface area contributed by atoms with Crippen molar-refractivity contribution in [1.82, 2.24) is 14.5 Å². The number of rotatable bonds is 5. The second kappa shape index (κ2) is 10.9. The smallest absolute Gasteiger partial charge is 0.162 e. The van der Waals surface area contributed by atoms with Crippen molar-refractivity contribution in [3.63, 3.8) is 0 Å². The van der Waals surface area contributed by atoms with Crippen LogP contribution in [0.25, 0.3) is 55.8 Å². The van der Waals surface area contributed by atoms with Gasteiger partial charge < -0.3 is 0 Å². The van der Waals surface area contributed by atoms with Gasteiger partial charge in [0.25, 0.3) is 0 Å². The van der Waals surface area contributed by atoms with Crippen molar-refractivity contribution >= 4 is 38.8 Å². The molecule has 0 atom stereocenters. The zero-order valence-electron chi connectivity index (χ0n) is 25.3. The van der Waals surface area contributed by atoms with E-state index in [4.69, 9.17) is 15.0 Å². The van der Waals surface area contributed by atoms with Crippen LogP contribution in [0.5, 0.6) is 0 Å². The number of aliphatic imine (C=N–C) groups is 1. The van der Waals surface area contributed by atoms with E-state index in [2.05, 4.69) is 126 Å². The van der Waals surface area contributed by atoms with Gasteiger partial charge in [-0.3, -0.25) is 9.56 Å². The quantitative estimate of drug-likeness (QED) is 0.200. The highest BCUT2D eigenvalue weighted by atomic mass is 15.1. The molecule has 2 aliphatic rings. The summed E-state index contributed by atoms with van der Waals surface area (Å²) in [6, 6.07) is 44.7. The lowest BCUT2D eigenvalue weighted by atomic mass is 9.97. The van der Waals surface area contributed by atoms with E-state index in [0.29, 0.717) is 5.82 Å². The summed E-state index contributed by atoms with van der Waals surface area (Å²) in [6.07, 6.45) is 9.87. The molecule has 0 saturated heterocycles. The molecule has 0 saturated carbocycles. The monoisotopic (exact) mass is 590 g/mol. The molecular formula is C42H30N4. The fraction of sp³-hybridized carbons (Fsp3) is 0.0714. The van der Waals surface area contributed by atoms with Crippen LogP contribution < -0.4 is 0 Å². The Morgan fingerprint density at radius 3 is 2.02 bits per heavy atom. The van der Waals surface area contributed by atoms with Crippen molar-refractivity contribution < 1.29 is 0 Å². The van der Waals surface area contributed by atoms with Gasteiger partial charge in [0.05, 0.1) is 28.1 Å². The van der Waals surface area contributed by atoms with Crippen LogP contribution in [0.2, 0.25) is 0 Å². The highest BCUT2D eigenvalue weighted by molar-refractivity contribution is 6.14. The molecule has 0 amide bonds. The normalized spacial score (nSPS) is 14.0. The van der Waals surface area contributed by atoms with E-state index < -0.39 is 0 Å². The molecule has 3 heterocycles. The molecule has 0 bridgehead atoms. The molecule has 46 heavy (non-hydrogen) atoms. The molecule has 0 N–H and O–H groups in total. The minimum atomic E-state index is 0.701. The molecule has 5 aromatic carbocycles. The van der Waals surface area contributed by atoms with Crippen LogP contribution in [-0.2, 0) is 6.42 Å². The van der Waals surface area contributed by atoms with Gasteiger partial charge in [-0.25, -0.2) is 9.97 Å². The number of nitrogens with zero attached hydrogens (tertiary/aromatic N) is 4. The maximum absolute atomic E-state index is 5.23. The van der Waals surface area contributed by atoms with Gasteiger partial charge >= 0.3 is 0 Å². The number of fused-ring (bicyclic) bond motifs is 4. The lowest BCUT2D eigenvalue weighted by Crippen LogP contribution is -2.02. The Morgan fingerprint density at radius 1 is 0.565 bits per heavy atom. The fourth-order valence-corrected chi connectivity index (χ4v) is 6.78. The van der Waals surface area contributed by atoms with Crippen LogP contribution in [0, 0.1) is 0 Å². The molecule has 4 nitrogen and oxygen atoms in total. The molecule has 2 aromatic heterocycles. The predicted molar refractivity (Wildman–Crippen MR) is 190 cm³/mol. The number of benzene rings is 5. The minimum Gasteiger partial charge on any atom is -0.294 e. The van der Waals surface area contributed by atoms with E-state index >= 15 is 0 Å². The van der Waals surface area contributed by atoms with E-state index in [1.165, 1.54) is 33.0 Å². The van der Waals surface area contributed by atoms with Gasteiger partial charge in [-0.2, -0.15) is 0 Å². The molecule has 0 unspecified atom stereocenters. The maximum Gasteiger partial charge on any atom is 0.162 e. The fourth-order valence-electron chi connectivity index (χ4n) is 6.78. The van der Waals surface area contributed by atoms with Crippen molar-refractivity contribution in [2.24, 2.45) is 4.99 Å². The summed E-state index contributed by atoms with van der Waals surface area (Å²) in [7, 11) is 0. The first-order valence-electron chi connectivity index (χ1n) is 15.9. The largest absolute Gasteiger partial charge is 0.294 e. The van der Waals surface area contributed by atoms with Crippen LogP contribution in [-0.4, -0.2) is 20.2 Å². The summed E-state index contributed by atoms with van der Waals surface area (Å²) in [6.45, 7) is 0. The van der Waals surface area contributed by atoms with E-state index in [0.717, 1.165) is 64.3 Å². The Balaban J connectivity index is 1.31. The van der Waals surface area contributed by atoms with Gasteiger partial charge in [0.1, 0.15) is 5.82 Å². The van der Waals surface area contributed by atoms with Crippen molar-refractivity contribution in [3.05, 3.63) is 162 Å². The van der Waals surface area contributed by atoms with Gasteiger partial charge in [-0.15, -0.1) is 0 Å². The second-order valence-electron chi connectivity index (χ2n) is 12.0. The molecule has 9 rings (SSSR count). The predicted octanol–water partition coefficient (Wildman–Crippen LogP) is 10.3. The summed E-state index contributed by atoms with van der Waals surface area (Å²) in [5.41, 5.74) is 12.2. The standard InChI is InChI=1S/C42H30N4/c1-5-13-28(14-6-1)32-21-22-39-34(23-32)35-24-33-25-36(29-15-7-2-8-16-29)43-37(33)26-40(35)46(39)41-27-38(30-17-9-3-10-18-30)44-42(45-41)31-19-11-4-12-20-31/h2-5,7-24,26-27H,1,6,25H2. The number of hydrogen-bond donors (Lipinski definition) is 0. The molecule has 4 heteroatoms. The van der Waals surface area contributed by atoms with Gasteiger partial charge in [-0.1, -0.05) is 115 Å². The number of aromatic nitrogens is 3. The molecule has 0 fully saturated rings. The van der Waals surface area contributed by atoms with Crippen LogP contribution in [0.15, 0.2) is 151 Å². The van der Waals surface area contributed by atoms with Gasteiger partial charge in [0.2, 0.25) is 0 Å². The third kappa shape index (κ3) is 4.58. The lowest BCUT2D eigenvalue weighted by Gasteiger charge is -2.12. The second-order valence-corrected chi connectivity index (χ2v) is 12.0. The zero-order chi connectivity index (χ0) is 30.5. The molecule has 1 aliphatic heterocycles. The van der Waals surface area contributed by atoms with Crippen LogP contribution in [0.4, 0.5) is 5.69 Å². The molecule has 218 valence electrons. The Morgan fingerprint density at radius 2 is 1.28 bits per heavy atom. The van der Waals surface area contributed by atoms with Crippen molar-refractivity contribution in [3.8, 4) is 28.5 Å². The third-order valence-corrected chi connectivity index (χ3v) is 9.06. The van der Waals surface area contributed by atoms with Crippen molar-refractivity contribution in [2.45, 2.75) is 19.3 Å². The van der Waals surface area contributed by atoms with Gasteiger partial charge in [-0.05, 0) is 59.4 Å². The lowest BCUT2D eigenvalue weighted by molar-refractivity contribution is 1.04. The first kappa shape index (κ1) is 26.5. The number of allylic oxidation sites excluding steroid dienone is 4. The highest BCUT2D eigenvalue weighted by Crippen LogP contribution is 2.40. The molecule has 1 aliphatic carbocycles. The molecule has 0 radical (unpaired) electrons. The van der Waals surface area contributed by atoms with Gasteiger partial charge in [0.15, 0.2) is 5.82 Å². The summed E-state index contributed by atoms with van der Waals surface area (Å²) in [4.78, 5) is 15.4. The average molecular weight is 591 g/mol. The maximum atomic E-state index is 5.23. The van der Waals surface area contributed by atoms with E-state index in [1.54, 1.807) is 0 Å². The van der Waals surface area contributed by atoms with Crippen molar-refractivity contribution in [2.75, 3.05) is 0 Å². The minimum absolute atomic E-state index is 0.701. The molecular weight excluding hydrogens is 560 g/mol. The van der Waals surface area contributed by atoms with Crippen LogP contribution >= 0.6 is 0 Å². The summed E-state index contributed by atoms with van der Waals surface area (Å²) in [5, 5.41) is 2.42. The Hall–Kier alpha value is -5.87. The third-order valence-electron chi connectivity index (χ3n) is 9.06. The van der Waals surface area contributed by atoms with E-state index in [9.17, 15) is 0 Å². The number of hydrogen-bond acceptors (Lipinski definition) is 3.